The fourth-order valence-electron chi connectivity index (χ4n) is 0.977. The van der Waals surface area contributed by atoms with Gasteiger partial charge in [0.15, 0.2) is 6.61 Å². The molecule has 1 amide bonds. The summed E-state index contributed by atoms with van der Waals surface area (Å²) in [5.41, 5.74) is 2.35. The average Bonchev–Trinajstić information content (AvgIpc) is 2.28. The van der Waals surface area contributed by atoms with E-state index in [9.17, 15) is 4.79 Å². The maximum Gasteiger partial charge on any atom is 0.277 e. The highest BCUT2D eigenvalue weighted by Gasteiger charge is 2.05. The second-order valence-corrected chi connectivity index (χ2v) is 4.41. The highest BCUT2D eigenvalue weighted by Crippen LogP contribution is 2.27. The van der Waals surface area contributed by atoms with Crippen LogP contribution in [0.15, 0.2) is 27.8 Å². The molecule has 1 aromatic rings. The van der Waals surface area contributed by atoms with E-state index in [1.807, 2.05) is 6.92 Å². The van der Waals surface area contributed by atoms with Crippen LogP contribution in [0.25, 0.3) is 0 Å². The van der Waals surface area contributed by atoms with Crippen LogP contribution in [0.4, 0.5) is 0 Å². The highest BCUT2D eigenvalue weighted by atomic mass is 79.9. The first-order valence-electron chi connectivity index (χ1n) is 5.01. The molecule has 0 atom stereocenters. The number of hydrogen-bond acceptors (Lipinski definition) is 3. The van der Waals surface area contributed by atoms with Crippen molar-refractivity contribution in [2.45, 2.75) is 13.3 Å². The van der Waals surface area contributed by atoms with Crippen LogP contribution in [-0.2, 0) is 4.79 Å². The van der Waals surface area contributed by atoms with Gasteiger partial charge in [0, 0.05) is 11.2 Å². The van der Waals surface area contributed by atoms with Gasteiger partial charge in [0.2, 0.25) is 0 Å². The zero-order chi connectivity index (χ0) is 12.7. The van der Waals surface area contributed by atoms with Crippen molar-refractivity contribution in [1.82, 2.24) is 5.43 Å². The molecule has 1 rings (SSSR count). The molecule has 0 aliphatic carbocycles. The molecule has 0 saturated heterocycles. The minimum atomic E-state index is -0.309. The first-order chi connectivity index (χ1) is 8.13. The van der Waals surface area contributed by atoms with Crippen molar-refractivity contribution in [2.75, 3.05) is 6.61 Å². The lowest BCUT2D eigenvalue weighted by Crippen LogP contribution is -2.24. The minimum absolute atomic E-state index is 0.0959. The van der Waals surface area contributed by atoms with Crippen LogP contribution in [0.5, 0.6) is 5.75 Å². The summed E-state index contributed by atoms with van der Waals surface area (Å²) in [5, 5.41) is 4.30. The number of carbonyl (C=O) groups is 1. The van der Waals surface area contributed by atoms with Crippen molar-refractivity contribution in [1.29, 1.82) is 0 Å². The van der Waals surface area contributed by atoms with Crippen LogP contribution in [0, 0.1) is 0 Å². The first kappa shape index (κ1) is 14.0. The molecule has 0 aliphatic heterocycles. The second-order valence-electron chi connectivity index (χ2n) is 3.12. The van der Waals surface area contributed by atoms with E-state index in [4.69, 9.17) is 16.3 Å². The molecule has 0 spiro atoms. The van der Waals surface area contributed by atoms with E-state index in [1.165, 1.54) is 0 Å². The fraction of sp³-hybridized carbons (Fsp3) is 0.273. The van der Waals surface area contributed by atoms with E-state index in [2.05, 4.69) is 26.5 Å². The van der Waals surface area contributed by atoms with Crippen molar-refractivity contribution in [3.8, 4) is 5.75 Å². The third-order valence-electron chi connectivity index (χ3n) is 1.72. The van der Waals surface area contributed by atoms with Gasteiger partial charge in [0.05, 0.1) is 4.47 Å². The normalized spacial score (nSPS) is 10.5. The van der Waals surface area contributed by atoms with Crippen LogP contribution in [0.2, 0.25) is 5.02 Å². The van der Waals surface area contributed by atoms with Gasteiger partial charge in [0.1, 0.15) is 5.75 Å². The lowest BCUT2D eigenvalue weighted by molar-refractivity contribution is -0.123. The average molecular weight is 320 g/mol. The van der Waals surface area contributed by atoms with Crippen molar-refractivity contribution >= 4 is 39.7 Å². The molecule has 17 heavy (non-hydrogen) atoms. The van der Waals surface area contributed by atoms with Crippen LogP contribution in [-0.4, -0.2) is 18.7 Å². The molecule has 0 unspecified atom stereocenters. The third-order valence-corrected chi connectivity index (χ3v) is 2.57. The standard InChI is InChI=1S/C11H12BrClN2O2/c1-2-5-14-15-11(16)7-17-10-4-3-8(13)6-9(10)12/h3-6H,2,7H2,1H3,(H,15,16)/b14-5+. The number of benzene rings is 1. The Labute approximate surface area is 113 Å². The van der Waals surface area contributed by atoms with Crippen molar-refractivity contribution < 1.29 is 9.53 Å². The summed E-state index contributed by atoms with van der Waals surface area (Å²) in [6.07, 6.45) is 2.37. The summed E-state index contributed by atoms with van der Waals surface area (Å²) in [6, 6.07) is 5.08. The SMILES string of the molecule is CC/C=N/NC(=O)COc1ccc(Cl)cc1Br. The van der Waals surface area contributed by atoms with E-state index < -0.39 is 0 Å². The van der Waals surface area contributed by atoms with Crippen molar-refractivity contribution in [3.05, 3.63) is 27.7 Å². The summed E-state index contributed by atoms with van der Waals surface area (Å²) >= 11 is 9.07. The van der Waals surface area contributed by atoms with Crippen LogP contribution in [0.1, 0.15) is 13.3 Å². The maximum absolute atomic E-state index is 11.3. The maximum atomic E-state index is 11.3. The summed E-state index contributed by atoms with van der Waals surface area (Å²) in [4.78, 5) is 11.3. The van der Waals surface area contributed by atoms with Gasteiger partial charge in [-0.3, -0.25) is 4.79 Å². The molecular formula is C11H12BrClN2O2. The largest absolute Gasteiger partial charge is 0.483 e. The highest BCUT2D eigenvalue weighted by molar-refractivity contribution is 9.10. The number of rotatable bonds is 5. The van der Waals surface area contributed by atoms with Gasteiger partial charge in [-0.25, -0.2) is 5.43 Å². The molecule has 0 heterocycles. The molecule has 4 nitrogen and oxygen atoms in total. The third kappa shape index (κ3) is 5.19. The Morgan fingerprint density at radius 2 is 2.41 bits per heavy atom. The Kier molecular flexibility index (Phi) is 6.00. The van der Waals surface area contributed by atoms with Crippen LogP contribution >= 0.6 is 27.5 Å². The Hall–Kier alpha value is -1.07. The Morgan fingerprint density at radius 3 is 3.06 bits per heavy atom. The topological polar surface area (TPSA) is 50.7 Å². The quantitative estimate of drug-likeness (QED) is 0.670. The zero-order valence-electron chi connectivity index (χ0n) is 9.24. The predicted octanol–water partition coefficient (Wildman–Crippen LogP) is 2.99. The van der Waals surface area contributed by atoms with Crippen LogP contribution < -0.4 is 10.2 Å². The number of amides is 1. The molecule has 0 bridgehead atoms. The van der Waals surface area contributed by atoms with Crippen molar-refractivity contribution in [2.24, 2.45) is 5.10 Å². The van der Waals surface area contributed by atoms with E-state index >= 15 is 0 Å². The molecule has 0 radical (unpaired) electrons. The van der Waals surface area contributed by atoms with E-state index in [0.29, 0.717) is 15.2 Å². The lowest BCUT2D eigenvalue weighted by Gasteiger charge is -2.07. The minimum Gasteiger partial charge on any atom is -0.483 e. The second kappa shape index (κ2) is 7.29. The van der Waals surface area contributed by atoms with E-state index in [1.54, 1.807) is 24.4 Å². The number of carbonyl (C=O) groups excluding carboxylic acids is 1. The molecule has 0 saturated carbocycles. The number of ether oxygens (including phenoxy) is 1. The number of hydrogen-bond donors (Lipinski definition) is 1. The fourth-order valence-corrected chi connectivity index (χ4v) is 1.77. The van der Waals surface area contributed by atoms with Gasteiger partial charge in [-0.15, -0.1) is 0 Å². The van der Waals surface area contributed by atoms with Gasteiger partial charge < -0.3 is 4.74 Å². The molecule has 0 aromatic heterocycles. The van der Waals surface area contributed by atoms with E-state index in [-0.39, 0.29) is 12.5 Å². The summed E-state index contributed by atoms with van der Waals surface area (Å²) in [5.74, 6) is 0.251. The number of hydrazone groups is 1. The molecule has 6 heteroatoms. The van der Waals surface area contributed by atoms with Crippen LogP contribution in [0.3, 0.4) is 0 Å². The molecular weight excluding hydrogens is 307 g/mol. The molecule has 1 N–H and O–H groups in total. The molecule has 0 fully saturated rings. The Morgan fingerprint density at radius 1 is 1.65 bits per heavy atom. The molecule has 92 valence electrons. The number of nitrogens with one attached hydrogen (secondary N) is 1. The number of nitrogens with zero attached hydrogens (tertiary/aromatic N) is 1. The van der Waals surface area contributed by atoms with Gasteiger partial charge in [-0.05, 0) is 40.5 Å². The number of halogens is 2. The van der Waals surface area contributed by atoms with Gasteiger partial charge in [-0.1, -0.05) is 18.5 Å². The van der Waals surface area contributed by atoms with E-state index in [0.717, 1.165) is 6.42 Å². The summed E-state index contributed by atoms with van der Waals surface area (Å²) in [6.45, 7) is 1.83. The van der Waals surface area contributed by atoms with Gasteiger partial charge in [-0.2, -0.15) is 5.10 Å². The smallest absolute Gasteiger partial charge is 0.277 e. The summed E-state index contributed by atoms with van der Waals surface area (Å²) < 4.78 is 6.00. The summed E-state index contributed by atoms with van der Waals surface area (Å²) in [7, 11) is 0. The Bertz CT molecular complexity index is 424. The van der Waals surface area contributed by atoms with Crippen molar-refractivity contribution in [3.63, 3.8) is 0 Å². The lowest BCUT2D eigenvalue weighted by atomic mass is 10.3. The first-order valence-corrected chi connectivity index (χ1v) is 6.18. The predicted molar refractivity (Wildman–Crippen MR) is 71.6 cm³/mol. The van der Waals surface area contributed by atoms with Gasteiger partial charge >= 0.3 is 0 Å². The zero-order valence-corrected chi connectivity index (χ0v) is 11.6. The monoisotopic (exact) mass is 318 g/mol. The van der Waals surface area contributed by atoms with Gasteiger partial charge in [0.25, 0.3) is 5.91 Å². The Balaban J connectivity index is 2.44. The molecule has 1 aromatic carbocycles. The molecule has 0 aliphatic rings.